The van der Waals surface area contributed by atoms with Crippen LogP contribution in [-0.4, -0.2) is 10.5 Å². The zero-order chi connectivity index (χ0) is 17.2. The molecule has 1 N–H and O–H groups in total. The fourth-order valence-corrected chi connectivity index (χ4v) is 2.00. The number of amides is 1. The zero-order valence-electron chi connectivity index (χ0n) is 11.3. The molecule has 2 rings (SSSR count). The fraction of sp³-hybridized carbons (Fsp3) is 0.143. The predicted molar refractivity (Wildman–Crippen MR) is 75.7 cm³/mol. The van der Waals surface area contributed by atoms with E-state index in [1.807, 2.05) is 0 Å². The molecule has 0 aliphatic rings. The maximum Gasteiger partial charge on any atom is 0.417 e. The van der Waals surface area contributed by atoms with Gasteiger partial charge in [-0.05, 0) is 18.2 Å². The lowest BCUT2D eigenvalue weighted by Crippen LogP contribution is -2.29. The van der Waals surface area contributed by atoms with E-state index in [9.17, 15) is 27.2 Å². The molecule has 0 radical (unpaired) electrons. The van der Waals surface area contributed by atoms with Crippen LogP contribution in [0.25, 0.3) is 0 Å². The molecule has 0 saturated heterocycles. The average molecular weight is 349 g/mol. The summed E-state index contributed by atoms with van der Waals surface area (Å²) >= 11 is 5.47. The molecule has 122 valence electrons. The van der Waals surface area contributed by atoms with E-state index >= 15 is 0 Å². The third-order valence-electron chi connectivity index (χ3n) is 2.83. The highest BCUT2D eigenvalue weighted by atomic mass is 35.5. The van der Waals surface area contributed by atoms with Gasteiger partial charge in [-0.2, -0.15) is 13.2 Å². The minimum atomic E-state index is -4.72. The van der Waals surface area contributed by atoms with E-state index in [0.717, 1.165) is 6.07 Å². The topological polar surface area (TPSA) is 51.1 Å². The number of nitrogens with zero attached hydrogens (tertiary/aromatic N) is 1. The quantitative estimate of drug-likeness (QED) is 0.865. The van der Waals surface area contributed by atoms with Gasteiger partial charge in [0.05, 0.1) is 11.3 Å². The molecular formula is C14H9ClF4N2O2. The van der Waals surface area contributed by atoms with Crippen molar-refractivity contribution in [3.8, 4) is 0 Å². The summed E-state index contributed by atoms with van der Waals surface area (Å²) in [6.07, 6.45) is -4.24. The Labute approximate surface area is 132 Å². The number of carbonyl (C=O) groups excluding carboxylic acids is 1. The van der Waals surface area contributed by atoms with Crippen LogP contribution in [0.3, 0.4) is 0 Å². The van der Waals surface area contributed by atoms with Crippen molar-refractivity contribution in [3.63, 3.8) is 0 Å². The minimum Gasteiger partial charge on any atom is -0.322 e. The highest BCUT2D eigenvalue weighted by Gasteiger charge is 2.32. The van der Waals surface area contributed by atoms with Crippen molar-refractivity contribution in [2.45, 2.75) is 12.7 Å². The van der Waals surface area contributed by atoms with E-state index < -0.39 is 40.6 Å². The molecule has 0 aliphatic heterocycles. The molecule has 0 atom stereocenters. The van der Waals surface area contributed by atoms with E-state index in [4.69, 9.17) is 11.6 Å². The molecule has 0 spiro atoms. The second kappa shape index (κ2) is 6.41. The van der Waals surface area contributed by atoms with E-state index in [1.165, 1.54) is 18.2 Å². The molecule has 0 saturated carbocycles. The summed E-state index contributed by atoms with van der Waals surface area (Å²) in [4.78, 5) is 23.5. The smallest absolute Gasteiger partial charge is 0.322 e. The lowest BCUT2D eigenvalue weighted by molar-refractivity contribution is -0.138. The molecule has 4 nitrogen and oxygen atoms in total. The summed E-state index contributed by atoms with van der Waals surface area (Å²) in [5.74, 6) is -1.58. The first kappa shape index (κ1) is 17.0. The highest BCUT2D eigenvalue weighted by Crippen LogP contribution is 2.29. The first-order valence-electron chi connectivity index (χ1n) is 6.20. The van der Waals surface area contributed by atoms with Crippen LogP contribution in [0.2, 0.25) is 5.02 Å². The number of hydrogen-bond donors (Lipinski definition) is 1. The van der Waals surface area contributed by atoms with Crippen molar-refractivity contribution < 1.29 is 22.4 Å². The van der Waals surface area contributed by atoms with Crippen molar-refractivity contribution in [2.75, 3.05) is 5.32 Å². The molecule has 2 aromatic rings. The molecule has 1 amide bonds. The van der Waals surface area contributed by atoms with Gasteiger partial charge in [0, 0.05) is 6.20 Å². The van der Waals surface area contributed by atoms with Crippen LogP contribution < -0.4 is 10.9 Å². The number of para-hydroxylation sites is 1. The van der Waals surface area contributed by atoms with E-state index in [1.54, 1.807) is 0 Å². The summed E-state index contributed by atoms with van der Waals surface area (Å²) in [5, 5.41) is 1.50. The minimum absolute atomic E-state index is 0.149. The van der Waals surface area contributed by atoms with Gasteiger partial charge in [0.2, 0.25) is 5.91 Å². The fourth-order valence-electron chi connectivity index (χ4n) is 1.78. The number of alkyl halides is 3. The lowest BCUT2D eigenvalue weighted by Gasteiger charge is -2.12. The summed E-state index contributed by atoms with van der Waals surface area (Å²) < 4.78 is 52.0. The molecule has 0 aliphatic carbocycles. The van der Waals surface area contributed by atoms with Crippen LogP contribution in [-0.2, 0) is 17.5 Å². The normalized spacial score (nSPS) is 11.3. The Balaban J connectivity index is 2.26. The van der Waals surface area contributed by atoms with Gasteiger partial charge in [0.1, 0.15) is 17.4 Å². The van der Waals surface area contributed by atoms with Crippen LogP contribution in [0.15, 0.2) is 41.3 Å². The van der Waals surface area contributed by atoms with Crippen molar-refractivity contribution in [3.05, 3.63) is 63.3 Å². The maximum atomic E-state index is 13.4. The second-order valence-electron chi connectivity index (χ2n) is 4.54. The van der Waals surface area contributed by atoms with Crippen LogP contribution in [0.5, 0.6) is 0 Å². The monoisotopic (exact) mass is 348 g/mol. The number of benzene rings is 1. The molecule has 9 heteroatoms. The van der Waals surface area contributed by atoms with Gasteiger partial charge < -0.3 is 9.88 Å². The van der Waals surface area contributed by atoms with Crippen molar-refractivity contribution in [2.24, 2.45) is 0 Å². The van der Waals surface area contributed by atoms with Crippen molar-refractivity contribution in [1.29, 1.82) is 0 Å². The summed E-state index contributed by atoms with van der Waals surface area (Å²) in [6, 6.07) is 5.72. The molecule has 0 bridgehead atoms. The first-order chi connectivity index (χ1) is 10.7. The summed E-state index contributed by atoms with van der Waals surface area (Å²) in [6.45, 7) is -0.739. The number of anilines is 1. The number of hydrogen-bond acceptors (Lipinski definition) is 2. The van der Waals surface area contributed by atoms with E-state index in [0.29, 0.717) is 16.8 Å². The maximum absolute atomic E-state index is 13.4. The standard InChI is InChI=1S/C14H9ClF4N2O2/c15-9-5-8(14(17,18)19)6-21(13(9)23)7-12(22)20-11-4-2-1-3-10(11)16/h1-6H,7H2,(H,20,22). The molecule has 23 heavy (non-hydrogen) atoms. The van der Waals surface area contributed by atoms with Gasteiger partial charge in [-0.1, -0.05) is 23.7 Å². The largest absolute Gasteiger partial charge is 0.417 e. The Bertz CT molecular complexity index is 802. The first-order valence-corrected chi connectivity index (χ1v) is 6.58. The SMILES string of the molecule is O=C(Cn1cc(C(F)(F)F)cc(Cl)c1=O)Nc1ccccc1F. The third-order valence-corrected chi connectivity index (χ3v) is 3.10. The number of pyridine rings is 1. The van der Waals surface area contributed by atoms with Gasteiger partial charge >= 0.3 is 6.18 Å². The van der Waals surface area contributed by atoms with Crippen LogP contribution >= 0.6 is 11.6 Å². The number of aromatic nitrogens is 1. The van der Waals surface area contributed by atoms with E-state index in [-0.39, 0.29) is 5.69 Å². The molecular weight excluding hydrogens is 340 g/mol. The third kappa shape index (κ3) is 4.10. The Morgan fingerprint density at radius 2 is 1.91 bits per heavy atom. The van der Waals surface area contributed by atoms with Gasteiger partial charge in [-0.25, -0.2) is 4.39 Å². The van der Waals surface area contributed by atoms with Crippen molar-refractivity contribution in [1.82, 2.24) is 4.57 Å². The van der Waals surface area contributed by atoms with Gasteiger partial charge in [-0.15, -0.1) is 0 Å². The van der Waals surface area contributed by atoms with Gasteiger partial charge in [-0.3, -0.25) is 9.59 Å². The zero-order valence-corrected chi connectivity index (χ0v) is 12.1. The second-order valence-corrected chi connectivity index (χ2v) is 4.94. The summed E-state index contributed by atoms with van der Waals surface area (Å²) in [7, 11) is 0. The Morgan fingerprint density at radius 1 is 1.26 bits per heavy atom. The van der Waals surface area contributed by atoms with Crippen LogP contribution in [0, 0.1) is 5.82 Å². The molecule has 0 unspecified atom stereocenters. The number of carbonyl (C=O) groups is 1. The Morgan fingerprint density at radius 3 is 2.52 bits per heavy atom. The molecule has 1 heterocycles. The highest BCUT2D eigenvalue weighted by molar-refractivity contribution is 6.30. The van der Waals surface area contributed by atoms with Gasteiger partial charge in [0.25, 0.3) is 5.56 Å². The number of nitrogens with one attached hydrogen (secondary N) is 1. The average Bonchev–Trinajstić information content (AvgIpc) is 2.45. The van der Waals surface area contributed by atoms with E-state index in [2.05, 4.69) is 5.32 Å². The molecule has 1 aromatic heterocycles. The van der Waals surface area contributed by atoms with Gasteiger partial charge in [0.15, 0.2) is 0 Å². The van der Waals surface area contributed by atoms with Crippen LogP contribution in [0.4, 0.5) is 23.2 Å². The summed E-state index contributed by atoms with van der Waals surface area (Å²) in [5.41, 5.74) is -2.27. The molecule has 1 aromatic carbocycles. The van der Waals surface area contributed by atoms with Crippen LogP contribution in [0.1, 0.15) is 5.56 Å². The number of halogens is 5. The van der Waals surface area contributed by atoms with Crippen molar-refractivity contribution >= 4 is 23.2 Å². The lowest BCUT2D eigenvalue weighted by atomic mass is 10.2. The Kier molecular flexibility index (Phi) is 4.74. The predicted octanol–water partition coefficient (Wildman–Crippen LogP) is 3.30. The Hall–Kier alpha value is -2.35. The molecule has 0 fully saturated rings. The number of rotatable bonds is 3.